The van der Waals surface area contributed by atoms with Gasteiger partial charge >= 0.3 is 11.9 Å². The van der Waals surface area contributed by atoms with Gasteiger partial charge in [-0.25, -0.2) is 4.79 Å². The number of thiophene rings is 2. The van der Waals surface area contributed by atoms with Crippen LogP contribution in [0.5, 0.6) is 0 Å². The van der Waals surface area contributed by atoms with Crippen molar-refractivity contribution < 1.29 is 23.9 Å². The van der Waals surface area contributed by atoms with Gasteiger partial charge in [0, 0.05) is 12.6 Å². The Morgan fingerprint density at radius 1 is 1.28 bits per heavy atom. The first kappa shape index (κ1) is 18.9. The zero-order valence-electron chi connectivity index (χ0n) is 13.8. The normalized spacial score (nSPS) is 10.3. The van der Waals surface area contributed by atoms with E-state index in [0.717, 1.165) is 16.9 Å². The molecule has 0 aromatic carbocycles. The lowest BCUT2D eigenvalue weighted by molar-refractivity contribution is -0.144. The Labute approximate surface area is 152 Å². The molecule has 2 aromatic rings. The van der Waals surface area contributed by atoms with E-state index in [9.17, 15) is 14.4 Å². The summed E-state index contributed by atoms with van der Waals surface area (Å²) in [7, 11) is 1.47. The van der Waals surface area contributed by atoms with Crippen molar-refractivity contribution in [3.8, 4) is 0 Å². The first-order valence-electron chi connectivity index (χ1n) is 7.44. The summed E-state index contributed by atoms with van der Waals surface area (Å²) < 4.78 is 10.2. The van der Waals surface area contributed by atoms with Crippen molar-refractivity contribution in [1.82, 2.24) is 5.32 Å². The average molecular weight is 382 g/mol. The van der Waals surface area contributed by atoms with E-state index in [0.29, 0.717) is 0 Å². The largest absolute Gasteiger partial charge is 0.462 e. The summed E-state index contributed by atoms with van der Waals surface area (Å²) in [6.07, 6.45) is 0.118. The molecule has 0 aliphatic rings. The maximum absolute atomic E-state index is 12.1. The molecule has 0 bridgehead atoms. The van der Waals surface area contributed by atoms with E-state index >= 15 is 0 Å². The number of amides is 1. The highest BCUT2D eigenvalue weighted by Gasteiger charge is 2.27. The lowest BCUT2D eigenvalue weighted by Crippen LogP contribution is -2.20. The molecule has 0 saturated carbocycles. The van der Waals surface area contributed by atoms with Crippen LogP contribution >= 0.6 is 22.7 Å². The van der Waals surface area contributed by atoms with Crippen LogP contribution in [-0.4, -0.2) is 31.5 Å². The maximum Gasteiger partial charge on any atom is 0.341 e. The van der Waals surface area contributed by atoms with Crippen LogP contribution < -0.4 is 11.1 Å². The van der Waals surface area contributed by atoms with Gasteiger partial charge in [-0.1, -0.05) is 0 Å². The summed E-state index contributed by atoms with van der Waals surface area (Å²) in [6, 6.07) is 1.83. The molecule has 3 N–H and O–H groups in total. The zero-order chi connectivity index (χ0) is 18.4. The molecular weight excluding hydrogens is 364 g/mol. The van der Waals surface area contributed by atoms with Crippen LogP contribution in [0.15, 0.2) is 16.8 Å². The molecule has 0 aliphatic carbocycles. The van der Waals surface area contributed by atoms with Gasteiger partial charge < -0.3 is 20.5 Å². The van der Waals surface area contributed by atoms with Gasteiger partial charge in [0.15, 0.2) is 0 Å². The Kier molecular flexibility index (Phi) is 6.54. The highest BCUT2D eigenvalue weighted by Crippen LogP contribution is 2.32. The van der Waals surface area contributed by atoms with E-state index in [1.807, 2.05) is 16.8 Å². The summed E-state index contributed by atoms with van der Waals surface area (Å²) in [6.45, 7) is 1.61. The third kappa shape index (κ3) is 4.58. The van der Waals surface area contributed by atoms with Crippen molar-refractivity contribution in [2.24, 2.45) is 0 Å². The second kappa shape index (κ2) is 8.63. The summed E-state index contributed by atoms with van der Waals surface area (Å²) in [5.41, 5.74) is 7.07. The molecule has 0 fully saturated rings. The molecule has 0 spiro atoms. The summed E-state index contributed by atoms with van der Waals surface area (Å²) in [5, 5.41) is 6.35. The minimum Gasteiger partial charge on any atom is -0.462 e. The second-order valence-electron chi connectivity index (χ2n) is 4.92. The van der Waals surface area contributed by atoms with Crippen molar-refractivity contribution in [2.75, 3.05) is 19.4 Å². The van der Waals surface area contributed by atoms with Crippen molar-refractivity contribution in [2.45, 2.75) is 20.0 Å². The molecule has 2 aromatic heterocycles. The Bertz CT molecular complexity index is 768. The fourth-order valence-electron chi connectivity index (χ4n) is 2.11. The van der Waals surface area contributed by atoms with Crippen molar-refractivity contribution in [3.05, 3.63) is 38.4 Å². The Morgan fingerprint density at radius 2 is 2.04 bits per heavy atom. The number of nitrogens with two attached hydrogens (primary N) is 1. The van der Waals surface area contributed by atoms with E-state index in [1.54, 1.807) is 6.92 Å². The monoisotopic (exact) mass is 382 g/mol. The lowest BCUT2D eigenvalue weighted by Gasteiger charge is -2.08. The number of anilines is 1. The van der Waals surface area contributed by atoms with Crippen LogP contribution in [0.1, 0.15) is 38.1 Å². The SMILES string of the molecule is CCOC(=O)c1c(N)sc(C(=O)NC)c1COC(=O)Cc1ccsc1. The lowest BCUT2D eigenvalue weighted by atomic mass is 10.1. The van der Waals surface area contributed by atoms with E-state index in [1.165, 1.54) is 18.4 Å². The van der Waals surface area contributed by atoms with Crippen LogP contribution in [0.2, 0.25) is 0 Å². The van der Waals surface area contributed by atoms with Crippen LogP contribution in [0.25, 0.3) is 0 Å². The van der Waals surface area contributed by atoms with Gasteiger partial charge in [0.05, 0.1) is 13.0 Å². The molecule has 1 amide bonds. The Balaban J connectivity index is 2.22. The summed E-state index contributed by atoms with van der Waals surface area (Å²) in [4.78, 5) is 36.4. The van der Waals surface area contributed by atoms with Gasteiger partial charge in [0.2, 0.25) is 0 Å². The quantitative estimate of drug-likeness (QED) is 0.711. The van der Waals surface area contributed by atoms with E-state index in [4.69, 9.17) is 15.2 Å². The first-order valence-corrected chi connectivity index (χ1v) is 9.20. The van der Waals surface area contributed by atoms with Gasteiger partial charge in [-0.3, -0.25) is 9.59 Å². The van der Waals surface area contributed by atoms with Crippen molar-refractivity contribution in [1.29, 1.82) is 0 Å². The molecule has 0 aliphatic heterocycles. The molecule has 0 unspecified atom stereocenters. The van der Waals surface area contributed by atoms with Gasteiger partial charge in [-0.2, -0.15) is 11.3 Å². The van der Waals surface area contributed by atoms with E-state index in [2.05, 4.69) is 5.32 Å². The van der Waals surface area contributed by atoms with Crippen molar-refractivity contribution >= 4 is 45.5 Å². The molecule has 0 radical (unpaired) electrons. The summed E-state index contributed by atoms with van der Waals surface area (Å²) in [5.74, 6) is -1.51. The number of rotatable bonds is 7. The summed E-state index contributed by atoms with van der Waals surface area (Å²) >= 11 is 2.44. The molecule has 25 heavy (non-hydrogen) atoms. The maximum atomic E-state index is 12.1. The van der Waals surface area contributed by atoms with Gasteiger partial charge in [-0.15, -0.1) is 11.3 Å². The predicted molar refractivity (Wildman–Crippen MR) is 95.9 cm³/mol. The first-order chi connectivity index (χ1) is 12.0. The predicted octanol–water partition coefficient (Wildman–Crippen LogP) is 2.21. The highest BCUT2D eigenvalue weighted by molar-refractivity contribution is 7.18. The van der Waals surface area contributed by atoms with E-state index in [-0.39, 0.29) is 40.6 Å². The average Bonchev–Trinajstić information content (AvgIpc) is 3.19. The van der Waals surface area contributed by atoms with Crippen molar-refractivity contribution in [3.63, 3.8) is 0 Å². The topological polar surface area (TPSA) is 108 Å². The van der Waals surface area contributed by atoms with Gasteiger partial charge in [0.25, 0.3) is 5.91 Å². The molecule has 0 atom stereocenters. The third-order valence-corrected chi connectivity index (χ3v) is 5.05. The fourth-order valence-corrected chi connectivity index (χ4v) is 3.79. The number of esters is 2. The minimum atomic E-state index is -0.643. The minimum absolute atomic E-state index is 0.0776. The standard InChI is InChI=1S/C16H18N2O5S2/c1-3-22-16(21)12-10(13(15(20)18-2)25-14(12)17)7-23-11(19)6-9-4-5-24-8-9/h4-5,8H,3,6-7,17H2,1-2H3,(H,18,20). The number of nitrogens with one attached hydrogen (secondary N) is 1. The fraction of sp³-hybridized carbons (Fsp3) is 0.312. The number of carbonyl (C=O) groups excluding carboxylic acids is 3. The van der Waals surface area contributed by atoms with Crippen LogP contribution in [0.4, 0.5) is 5.00 Å². The highest BCUT2D eigenvalue weighted by atomic mass is 32.1. The number of ether oxygens (including phenoxy) is 2. The second-order valence-corrected chi connectivity index (χ2v) is 6.75. The molecular formula is C16H18N2O5S2. The van der Waals surface area contributed by atoms with Crippen LogP contribution in [0.3, 0.4) is 0 Å². The number of hydrogen-bond donors (Lipinski definition) is 2. The molecule has 7 nitrogen and oxygen atoms in total. The Hall–Kier alpha value is -2.39. The van der Waals surface area contributed by atoms with Crippen LogP contribution in [-0.2, 0) is 27.3 Å². The number of carbonyl (C=O) groups is 3. The van der Waals surface area contributed by atoms with Gasteiger partial charge in [0.1, 0.15) is 22.0 Å². The Morgan fingerprint density at radius 3 is 2.64 bits per heavy atom. The molecule has 2 heterocycles. The zero-order valence-corrected chi connectivity index (χ0v) is 15.4. The molecule has 0 saturated heterocycles. The molecule has 134 valence electrons. The molecule has 9 heteroatoms. The smallest absolute Gasteiger partial charge is 0.341 e. The number of hydrogen-bond acceptors (Lipinski definition) is 8. The number of nitrogen functional groups attached to an aromatic ring is 1. The van der Waals surface area contributed by atoms with Crippen LogP contribution in [0, 0.1) is 0 Å². The van der Waals surface area contributed by atoms with Gasteiger partial charge in [-0.05, 0) is 29.3 Å². The third-order valence-electron chi connectivity index (χ3n) is 3.25. The van der Waals surface area contributed by atoms with E-state index < -0.39 is 17.8 Å². The molecule has 2 rings (SSSR count).